The van der Waals surface area contributed by atoms with Crippen LogP contribution in [-0.4, -0.2) is 36.9 Å². The van der Waals surface area contributed by atoms with Crippen molar-refractivity contribution in [2.75, 3.05) is 31.7 Å². The maximum absolute atomic E-state index is 11.3. The SMILES string of the molecule is COCCNC(=O)CSc1ccc(N)cn1. The molecule has 1 amide bonds. The number of methoxy groups -OCH3 is 1. The number of rotatable bonds is 6. The Kier molecular flexibility index (Phi) is 5.66. The van der Waals surface area contributed by atoms with Crippen LogP contribution in [0.25, 0.3) is 0 Å². The van der Waals surface area contributed by atoms with Crippen LogP contribution in [0.3, 0.4) is 0 Å². The summed E-state index contributed by atoms with van der Waals surface area (Å²) in [4.78, 5) is 15.4. The number of nitrogens with zero attached hydrogens (tertiary/aromatic N) is 1. The van der Waals surface area contributed by atoms with Crippen LogP contribution in [0.1, 0.15) is 0 Å². The van der Waals surface area contributed by atoms with E-state index in [1.54, 1.807) is 25.4 Å². The molecule has 0 aliphatic heterocycles. The van der Waals surface area contributed by atoms with Crippen LogP contribution in [0.4, 0.5) is 5.69 Å². The van der Waals surface area contributed by atoms with Gasteiger partial charge in [-0.2, -0.15) is 0 Å². The van der Waals surface area contributed by atoms with Crippen LogP contribution >= 0.6 is 11.8 Å². The first-order valence-corrected chi connectivity index (χ1v) is 5.81. The van der Waals surface area contributed by atoms with Gasteiger partial charge < -0.3 is 15.8 Å². The number of aromatic nitrogens is 1. The zero-order valence-corrected chi connectivity index (χ0v) is 9.92. The molecule has 0 atom stereocenters. The van der Waals surface area contributed by atoms with Gasteiger partial charge in [-0.1, -0.05) is 11.8 Å². The van der Waals surface area contributed by atoms with Crippen LogP contribution in [0.2, 0.25) is 0 Å². The Labute approximate surface area is 98.8 Å². The first-order chi connectivity index (χ1) is 7.72. The van der Waals surface area contributed by atoms with E-state index in [1.165, 1.54) is 11.8 Å². The Balaban J connectivity index is 2.23. The molecule has 0 aliphatic rings. The van der Waals surface area contributed by atoms with Crippen molar-refractivity contribution in [2.24, 2.45) is 0 Å². The van der Waals surface area contributed by atoms with Gasteiger partial charge in [-0.3, -0.25) is 4.79 Å². The highest BCUT2D eigenvalue weighted by Crippen LogP contribution is 2.15. The fourth-order valence-electron chi connectivity index (χ4n) is 0.960. The second-order valence-electron chi connectivity index (χ2n) is 3.06. The van der Waals surface area contributed by atoms with Crippen LogP contribution in [0.15, 0.2) is 23.4 Å². The molecule has 0 spiro atoms. The lowest BCUT2D eigenvalue weighted by Crippen LogP contribution is -2.28. The molecule has 3 N–H and O–H groups in total. The molecule has 6 heteroatoms. The Morgan fingerprint density at radius 3 is 3.06 bits per heavy atom. The molecule has 5 nitrogen and oxygen atoms in total. The normalized spacial score (nSPS) is 10.1. The van der Waals surface area contributed by atoms with Gasteiger partial charge in [-0.25, -0.2) is 4.98 Å². The second kappa shape index (κ2) is 7.08. The quantitative estimate of drug-likeness (QED) is 0.561. The number of ether oxygens (including phenoxy) is 1. The van der Waals surface area contributed by atoms with Gasteiger partial charge in [0.25, 0.3) is 0 Å². The molecule has 0 bridgehead atoms. The van der Waals surface area contributed by atoms with Gasteiger partial charge >= 0.3 is 0 Å². The van der Waals surface area contributed by atoms with Crippen molar-refractivity contribution in [3.8, 4) is 0 Å². The van der Waals surface area contributed by atoms with Crippen molar-refractivity contribution in [1.82, 2.24) is 10.3 Å². The summed E-state index contributed by atoms with van der Waals surface area (Å²) in [6, 6.07) is 3.56. The highest BCUT2D eigenvalue weighted by molar-refractivity contribution is 7.99. The molecule has 16 heavy (non-hydrogen) atoms. The first-order valence-electron chi connectivity index (χ1n) is 4.82. The summed E-state index contributed by atoms with van der Waals surface area (Å²) in [5.41, 5.74) is 6.12. The third-order valence-electron chi connectivity index (χ3n) is 1.74. The van der Waals surface area contributed by atoms with Crippen molar-refractivity contribution in [3.63, 3.8) is 0 Å². The smallest absolute Gasteiger partial charge is 0.230 e. The molecule has 0 aliphatic carbocycles. The number of hydrogen-bond acceptors (Lipinski definition) is 5. The van der Waals surface area contributed by atoms with Crippen molar-refractivity contribution < 1.29 is 9.53 Å². The molecule has 0 saturated carbocycles. The third kappa shape index (κ3) is 4.99. The minimum absolute atomic E-state index is 0.0272. The Hall–Kier alpha value is -1.27. The number of pyridine rings is 1. The van der Waals surface area contributed by atoms with E-state index < -0.39 is 0 Å². The minimum Gasteiger partial charge on any atom is -0.397 e. The summed E-state index contributed by atoms with van der Waals surface area (Å²) in [7, 11) is 1.60. The fourth-order valence-corrected chi connectivity index (χ4v) is 1.63. The van der Waals surface area contributed by atoms with Crippen LogP contribution in [0, 0.1) is 0 Å². The summed E-state index contributed by atoms with van der Waals surface area (Å²) in [6.07, 6.45) is 1.57. The summed E-state index contributed by atoms with van der Waals surface area (Å²) < 4.78 is 4.82. The zero-order valence-electron chi connectivity index (χ0n) is 9.10. The van der Waals surface area contributed by atoms with E-state index in [1.807, 2.05) is 0 Å². The highest BCUT2D eigenvalue weighted by Gasteiger charge is 2.02. The van der Waals surface area contributed by atoms with Gasteiger partial charge in [0, 0.05) is 13.7 Å². The number of thioether (sulfide) groups is 1. The van der Waals surface area contributed by atoms with Crippen molar-refractivity contribution in [3.05, 3.63) is 18.3 Å². The monoisotopic (exact) mass is 241 g/mol. The highest BCUT2D eigenvalue weighted by atomic mass is 32.2. The van der Waals surface area contributed by atoms with Gasteiger partial charge in [-0.05, 0) is 12.1 Å². The van der Waals surface area contributed by atoms with Gasteiger partial charge in [0.05, 0.1) is 29.3 Å². The molecule has 88 valence electrons. The molecule has 0 radical (unpaired) electrons. The maximum atomic E-state index is 11.3. The van der Waals surface area contributed by atoms with E-state index in [4.69, 9.17) is 10.5 Å². The van der Waals surface area contributed by atoms with E-state index in [0.717, 1.165) is 5.03 Å². The predicted molar refractivity (Wildman–Crippen MR) is 64.3 cm³/mol. The van der Waals surface area contributed by atoms with E-state index in [9.17, 15) is 4.79 Å². The molecule has 1 rings (SSSR count). The molecule has 1 aromatic rings. The number of nitrogens with two attached hydrogens (primary N) is 1. The maximum Gasteiger partial charge on any atom is 0.230 e. The summed E-state index contributed by atoms with van der Waals surface area (Å²) in [5.74, 6) is 0.321. The van der Waals surface area contributed by atoms with Gasteiger partial charge in [0.15, 0.2) is 0 Å². The fraction of sp³-hybridized carbons (Fsp3) is 0.400. The molecule has 0 fully saturated rings. The van der Waals surface area contributed by atoms with Crippen molar-refractivity contribution in [1.29, 1.82) is 0 Å². The topological polar surface area (TPSA) is 77.2 Å². The average Bonchev–Trinajstić information content (AvgIpc) is 2.29. The number of nitrogens with one attached hydrogen (secondary N) is 1. The largest absolute Gasteiger partial charge is 0.397 e. The number of nitrogen functional groups attached to an aromatic ring is 1. The number of hydrogen-bond donors (Lipinski definition) is 2. The number of carbonyl (C=O) groups excluding carboxylic acids is 1. The van der Waals surface area contributed by atoms with Gasteiger partial charge in [0.2, 0.25) is 5.91 Å². The summed E-state index contributed by atoms with van der Waals surface area (Å²) in [5, 5.41) is 3.52. The third-order valence-corrected chi connectivity index (χ3v) is 2.68. The average molecular weight is 241 g/mol. The van der Waals surface area contributed by atoms with Gasteiger partial charge in [0.1, 0.15) is 0 Å². The molecular formula is C10H15N3O2S. The van der Waals surface area contributed by atoms with E-state index in [2.05, 4.69) is 10.3 Å². The summed E-state index contributed by atoms with van der Waals surface area (Å²) in [6.45, 7) is 1.06. The van der Waals surface area contributed by atoms with Crippen LogP contribution in [0.5, 0.6) is 0 Å². The van der Waals surface area contributed by atoms with E-state index >= 15 is 0 Å². The predicted octanol–water partition coefficient (Wildman–Crippen LogP) is 0.518. The Morgan fingerprint density at radius 2 is 2.44 bits per heavy atom. The molecule has 1 aromatic heterocycles. The van der Waals surface area contributed by atoms with E-state index in [-0.39, 0.29) is 5.91 Å². The molecule has 0 aromatic carbocycles. The lowest BCUT2D eigenvalue weighted by atomic mass is 10.4. The molecule has 0 saturated heterocycles. The Morgan fingerprint density at radius 1 is 1.62 bits per heavy atom. The van der Waals surface area contributed by atoms with E-state index in [0.29, 0.717) is 24.6 Å². The molecular weight excluding hydrogens is 226 g/mol. The zero-order chi connectivity index (χ0) is 11.8. The van der Waals surface area contributed by atoms with Crippen LogP contribution in [-0.2, 0) is 9.53 Å². The standard InChI is InChI=1S/C10H15N3O2S/c1-15-5-4-12-9(14)7-16-10-3-2-8(11)6-13-10/h2-3,6H,4-5,7,11H2,1H3,(H,12,14). The van der Waals surface area contributed by atoms with Gasteiger partial charge in [-0.15, -0.1) is 0 Å². The second-order valence-corrected chi connectivity index (χ2v) is 4.06. The number of amides is 1. The summed E-state index contributed by atoms with van der Waals surface area (Å²) >= 11 is 1.38. The lowest BCUT2D eigenvalue weighted by molar-refractivity contribution is -0.118. The molecule has 0 unspecified atom stereocenters. The van der Waals surface area contributed by atoms with Crippen molar-refractivity contribution >= 4 is 23.4 Å². The minimum atomic E-state index is -0.0272. The number of carbonyl (C=O) groups is 1. The molecule has 1 heterocycles. The van der Waals surface area contributed by atoms with Crippen molar-refractivity contribution in [2.45, 2.75) is 5.03 Å². The first kappa shape index (κ1) is 12.8. The van der Waals surface area contributed by atoms with Crippen LogP contribution < -0.4 is 11.1 Å². The lowest BCUT2D eigenvalue weighted by Gasteiger charge is -2.03. The number of anilines is 1. The Bertz CT molecular complexity index is 329.